The topological polar surface area (TPSA) is 90.5 Å². The lowest BCUT2D eigenvalue weighted by atomic mass is 10.1. The van der Waals surface area contributed by atoms with Gasteiger partial charge in [0.2, 0.25) is 0 Å². The van der Waals surface area contributed by atoms with E-state index in [1.54, 1.807) is 0 Å². The van der Waals surface area contributed by atoms with E-state index in [4.69, 9.17) is 11.6 Å². The van der Waals surface area contributed by atoms with E-state index in [1.165, 1.54) is 44.6 Å². The summed E-state index contributed by atoms with van der Waals surface area (Å²) < 4.78 is 56.2. The Hall–Kier alpha value is -3.80. The summed E-state index contributed by atoms with van der Waals surface area (Å²) in [6.07, 6.45) is -0.104. The van der Waals surface area contributed by atoms with Gasteiger partial charge >= 0.3 is 6.18 Å². The number of anilines is 1. The van der Waals surface area contributed by atoms with Crippen LogP contribution in [0.1, 0.15) is 27.2 Å². The third kappa shape index (κ3) is 4.16. The maximum absolute atomic E-state index is 13.9. The molecular formula is C20H14ClF4N7O. The summed E-state index contributed by atoms with van der Waals surface area (Å²) >= 11 is 6.14. The molecule has 1 aromatic carbocycles. The van der Waals surface area contributed by atoms with Gasteiger partial charge in [-0.1, -0.05) is 11.6 Å². The highest BCUT2D eigenvalue weighted by molar-refractivity contribution is 6.32. The third-order valence-corrected chi connectivity index (χ3v) is 5.17. The summed E-state index contributed by atoms with van der Waals surface area (Å²) in [4.78, 5) is 17.9. The van der Waals surface area contributed by atoms with Crippen LogP contribution in [0.4, 0.5) is 23.2 Å². The average molecular weight is 480 g/mol. The zero-order valence-electron chi connectivity index (χ0n) is 17.0. The van der Waals surface area contributed by atoms with Crippen molar-refractivity contribution in [2.24, 2.45) is 0 Å². The van der Waals surface area contributed by atoms with Crippen molar-refractivity contribution in [3.8, 4) is 11.5 Å². The Labute approximate surface area is 188 Å². The lowest BCUT2D eigenvalue weighted by molar-refractivity contribution is -0.143. The zero-order valence-corrected chi connectivity index (χ0v) is 17.8. The highest BCUT2D eigenvalue weighted by Crippen LogP contribution is 2.35. The van der Waals surface area contributed by atoms with Crippen LogP contribution in [0, 0.1) is 19.7 Å². The van der Waals surface area contributed by atoms with Gasteiger partial charge in [0.25, 0.3) is 5.91 Å². The van der Waals surface area contributed by atoms with Gasteiger partial charge in [-0.25, -0.2) is 14.1 Å². The summed E-state index contributed by atoms with van der Waals surface area (Å²) in [7, 11) is 0. The number of benzene rings is 1. The molecule has 1 amide bonds. The number of nitrogens with one attached hydrogen (secondary N) is 1. The van der Waals surface area contributed by atoms with E-state index in [-0.39, 0.29) is 33.3 Å². The molecule has 0 saturated carbocycles. The quantitative estimate of drug-likeness (QED) is 0.434. The van der Waals surface area contributed by atoms with Gasteiger partial charge in [0.1, 0.15) is 5.82 Å². The lowest BCUT2D eigenvalue weighted by Crippen LogP contribution is -2.21. The minimum absolute atomic E-state index is 0.000983. The number of nitrogens with zero attached hydrogens (tertiary/aromatic N) is 6. The Balaban J connectivity index is 1.71. The number of carbonyl (C=O) groups is 1. The first-order chi connectivity index (χ1) is 15.6. The predicted molar refractivity (Wildman–Crippen MR) is 110 cm³/mol. The number of hydrogen-bond donors (Lipinski definition) is 1. The van der Waals surface area contributed by atoms with Crippen LogP contribution in [-0.4, -0.2) is 35.7 Å². The fourth-order valence-electron chi connectivity index (χ4n) is 3.14. The van der Waals surface area contributed by atoms with Gasteiger partial charge < -0.3 is 5.32 Å². The second-order valence-electron chi connectivity index (χ2n) is 6.93. The minimum atomic E-state index is -4.93. The zero-order chi connectivity index (χ0) is 23.9. The van der Waals surface area contributed by atoms with E-state index in [0.29, 0.717) is 4.68 Å². The molecule has 170 valence electrons. The van der Waals surface area contributed by atoms with Gasteiger partial charge in [0.05, 0.1) is 46.7 Å². The molecule has 0 aliphatic rings. The van der Waals surface area contributed by atoms with Gasteiger partial charge in [0, 0.05) is 0 Å². The molecule has 13 heteroatoms. The molecule has 0 bridgehead atoms. The van der Waals surface area contributed by atoms with Gasteiger partial charge in [-0.05, 0) is 43.2 Å². The monoisotopic (exact) mass is 479 g/mol. The number of alkyl halides is 3. The second-order valence-corrected chi connectivity index (χ2v) is 7.34. The van der Waals surface area contributed by atoms with Crippen LogP contribution in [0.3, 0.4) is 0 Å². The fraction of sp³-hybridized carbons (Fsp3) is 0.150. The molecule has 0 aliphatic heterocycles. The Morgan fingerprint density at radius 3 is 2.39 bits per heavy atom. The number of aromatic nitrogens is 6. The Bertz CT molecular complexity index is 1350. The standard InChI is InChI=1S/C20H14ClF4N7O/c1-10-11(2)16(4-3-15(10)22)31-17(20(23,24)25)13(9-29-31)19(33)30-12-7-14(21)18(26-8-12)32-27-5-6-28-32/h3-9H,1-2H3,(H,30,33). The first-order valence-corrected chi connectivity index (χ1v) is 9.70. The number of pyridine rings is 1. The molecule has 4 rings (SSSR count). The fourth-order valence-corrected chi connectivity index (χ4v) is 3.38. The number of rotatable bonds is 4. The van der Waals surface area contributed by atoms with E-state index in [2.05, 4.69) is 25.6 Å². The minimum Gasteiger partial charge on any atom is -0.320 e. The Morgan fingerprint density at radius 2 is 1.76 bits per heavy atom. The molecule has 0 saturated heterocycles. The van der Waals surface area contributed by atoms with E-state index in [1.807, 2.05) is 0 Å². The maximum Gasteiger partial charge on any atom is 0.434 e. The Morgan fingerprint density at radius 1 is 1.06 bits per heavy atom. The normalized spacial score (nSPS) is 11.6. The van der Waals surface area contributed by atoms with Crippen LogP contribution < -0.4 is 5.32 Å². The van der Waals surface area contributed by atoms with Crippen LogP contribution in [0.5, 0.6) is 0 Å². The Kier molecular flexibility index (Phi) is 5.62. The number of hydrogen-bond acceptors (Lipinski definition) is 5. The van der Waals surface area contributed by atoms with Crippen molar-refractivity contribution < 1.29 is 22.4 Å². The van der Waals surface area contributed by atoms with Crippen LogP contribution >= 0.6 is 11.6 Å². The van der Waals surface area contributed by atoms with Crippen LogP contribution in [0.2, 0.25) is 5.02 Å². The van der Waals surface area contributed by atoms with Crippen molar-refractivity contribution >= 4 is 23.2 Å². The molecule has 4 aromatic rings. The van der Waals surface area contributed by atoms with Gasteiger partial charge in [-0.15, -0.1) is 4.80 Å². The number of carbonyl (C=O) groups excluding carboxylic acids is 1. The van der Waals surface area contributed by atoms with E-state index in [0.717, 1.165) is 17.1 Å². The first kappa shape index (κ1) is 22.4. The van der Waals surface area contributed by atoms with E-state index < -0.39 is 29.2 Å². The molecule has 33 heavy (non-hydrogen) atoms. The third-order valence-electron chi connectivity index (χ3n) is 4.89. The van der Waals surface area contributed by atoms with Crippen LogP contribution in [-0.2, 0) is 6.18 Å². The largest absolute Gasteiger partial charge is 0.434 e. The molecular weight excluding hydrogens is 466 g/mol. The maximum atomic E-state index is 13.9. The van der Waals surface area contributed by atoms with Crippen molar-refractivity contribution in [3.63, 3.8) is 0 Å². The first-order valence-electron chi connectivity index (χ1n) is 9.32. The van der Waals surface area contributed by atoms with Crippen molar-refractivity contribution in [3.05, 3.63) is 76.2 Å². The highest BCUT2D eigenvalue weighted by Gasteiger charge is 2.41. The molecule has 3 aromatic heterocycles. The molecule has 3 heterocycles. The molecule has 1 N–H and O–H groups in total. The summed E-state index contributed by atoms with van der Waals surface area (Å²) in [6.45, 7) is 2.91. The number of halogens is 5. The number of amides is 1. The van der Waals surface area contributed by atoms with Crippen LogP contribution in [0.25, 0.3) is 11.5 Å². The van der Waals surface area contributed by atoms with Gasteiger partial charge in [-0.3, -0.25) is 4.79 Å². The van der Waals surface area contributed by atoms with Gasteiger partial charge in [-0.2, -0.15) is 28.5 Å². The molecule has 0 spiro atoms. The molecule has 0 atom stereocenters. The summed E-state index contributed by atoms with van der Waals surface area (Å²) in [5.74, 6) is -1.47. The smallest absolute Gasteiger partial charge is 0.320 e. The highest BCUT2D eigenvalue weighted by atomic mass is 35.5. The average Bonchev–Trinajstić information content (AvgIpc) is 3.42. The lowest BCUT2D eigenvalue weighted by Gasteiger charge is -2.15. The summed E-state index contributed by atoms with van der Waals surface area (Å²) in [5.41, 5.74) is -1.54. The van der Waals surface area contributed by atoms with Crippen molar-refractivity contribution in [2.45, 2.75) is 20.0 Å². The molecule has 0 unspecified atom stereocenters. The van der Waals surface area contributed by atoms with E-state index in [9.17, 15) is 22.4 Å². The predicted octanol–water partition coefficient (Wildman–Crippen LogP) is 4.53. The van der Waals surface area contributed by atoms with Gasteiger partial charge in [0.15, 0.2) is 11.5 Å². The van der Waals surface area contributed by atoms with E-state index >= 15 is 0 Å². The SMILES string of the molecule is Cc1c(F)ccc(-n2ncc(C(=O)Nc3cnc(-n4nccn4)c(Cl)c3)c2C(F)(F)F)c1C. The van der Waals surface area contributed by atoms with Crippen molar-refractivity contribution in [1.29, 1.82) is 0 Å². The summed E-state index contributed by atoms with van der Waals surface area (Å²) in [5, 5.41) is 13.9. The summed E-state index contributed by atoms with van der Waals surface area (Å²) in [6, 6.07) is 3.52. The van der Waals surface area contributed by atoms with Crippen molar-refractivity contribution in [1.82, 2.24) is 29.8 Å². The van der Waals surface area contributed by atoms with Crippen molar-refractivity contribution in [2.75, 3.05) is 5.32 Å². The second kappa shape index (κ2) is 8.28. The van der Waals surface area contributed by atoms with Crippen LogP contribution in [0.15, 0.2) is 43.0 Å². The molecule has 0 fully saturated rings. The molecule has 8 nitrogen and oxygen atoms in total. The molecule has 0 radical (unpaired) electrons. The molecule has 0 aliphatic carbocycles.